The Labute approximate surface area is 76.2 Å². The molecule has 0 unspecified atom stereocenters. The summed E-state index contributed by atoms with van der Waals surface area (Å²) in [6, 6.07) is 0. The minimum absolute atomic E-state index is 0.419. The maximum Gasteiger partial charge on any atom is 0.0170 e. The van der Waals surface area contributed by atoms with Crippen LogP contribution in [0, 0.1) is 5.41 Å². The van der Waals surface area contributed by atoms with Crippen LogP contribution in [-0.4, -0.2) is 13.1 Å². The first-order valence-electron chi connectivity index (χ1n) is 5.07. The second-order valence-electron chi connectivity index (χ2n) is 4.33. The summed E-state index contributed by atoms with van der Waals surface area (Å²) in [5, 5.41) is 3.43. The summed E-state index contributed by atoms with van der Waals surface area (Å²) in [7, 11) is 0. The van der Waals surface area contributed by atoms with Gasteiger partial charge in [0.15, 0.2) is 0 Å². The van der Waals surface area contributed by atoms with Crippen molar-refractivity contribution in [3.63, 3.8) is 0 Å². The normalized spacial score (nSPS) is 19.1. The van der Waals surface area contributed by atoms with Gasteiger partial charge in [0.2, 0.25) is 0 Å². The van der Waals surface area contributed by atoms with Crippen LogP contribution in [0.5, 0.6) is 0 Å². The molecule has 0 aromatic rings. The van der Waals surface area contributed by atoms with E-state index in [1.54, 1.807) is 5.57 Å². The van der Waals surface area contributed by atoms with Crippen LogP contribution in [0.4, 0.5) is 0 Å². The van der Waals surface area contributed by atoms with Gasteiger partial charge in [0, 0.05) is 6.54 Å². The molecule has 1 rings (SSSR count). The molecule has 70 valence electrons. The molecule has 0 aromatic heterocycles. The molecule has 0 aliphatic carbocycles. The molecular formula is C11H21N. The molecule has 0 aromatic carbocycles. The van der Waals surface area contributed by atoms with E-state index in [1.165, 1.54) is 19.3 Å². The minimum atomic E-state index is 0.419. The highest BCUT2D eigenvalue weighted by Gasteiger charge is 2.22. The average Bonchev–Trinajstić information content (AvgIpc) is 2.06. The Bertz CT molecular complexity index is 168. The molecule has 0 radical (unpaired) electrons. The molecule has 1 N–H and O–H groups in total. The zero-order valence-corrected chi connectivity index (χ0v) is 8.61. The lowest BCUT2D eigenvalue weighted by Gasteiger charge is -2.30. The van der Waals surface area contributed by atoms with Crippen molar-refractivity contribution < 1.29 is 0 Å². The van der Waals surface area contributed by atoms with E-state index < -0.39 is 0 Å². The van der Waals surface area contributed by atoms with E-state index in [-0.39, 0.29) is 0 Å². The fourth-order valence-corrected chi connectivity index (χ4v) is 1.94. The van der Waals surface area contributed by atoms with E-state index in [2.05, 4.69) is 32.2 Å². The Morgan fingerprint density at radius 1 is 1.50 bits per heavy atom. The molecule has 1 aliphatic rings. The van der Waals surface area contributed by atoms with Gasteiger partial charge in [-0.05, 0) is 24.8 Å². The standard InChI is InChI=1S/C11H21N/c1-4-7-11(2,3)10-6-5-8-12-9-10/h6,12H,4-5,7-9H2,1-3H3. The summed E-state index contributed by atoms with van der Waals surface area (Å²) in [6.45, 7) is 9.24. The van der Waals surface area contributed by atoms with Crippen LogP contribution in [0.25, 0.3) is 0 Å². The lowest BCUT2D eigenvalue weighted by molar-refractivity contribution is 0.382. The Hall–Kier alpha value is -0.300. The molecule has 0 fully saturated rings. The summed E-state index contributed by atoms with van der Waals surface area (Å²) in [4.78, 5) is 0. The highest BCUT2D eigenvalue weighted by molar-refractivity contribution is 5.16. The molecule has 0 spiro atoms. The van der Waals surface area contributed by atoms with Crippen molar-refractivity contribution >= 4 is 0 Å². The van der Waals surface area contributed by atoms with Gasteiger partial charge in [-0.1, -0.05) is 38.8 Å². The first-order chi connectivity index (χ1) is 5.67. The first kappa shape index (κ1) is 9.79. The van der Waals surface area contributed by atoms with Crippen LogP contribution < -0.4 is 5.32 Å². The largest absolute Gasteiger partial charge is 0.313 e. The predicted molar refractivity (Wildman–Crippen MR) is 54.3 cm³/mol. The Morgan fingerprint density at radius 2 is 2.25 bits per heavy atom. The van der Waals surface area contributed by atoms with Crippen molar-refractivity contribution in [2.24, 2.45) is 5.41 Å². The number of rotatable bonds is 3. The van der Waals surface area contributed by atoms with Crippen molar-refractivity contribution in [3.8, 4) is 0 Å². The van der Waals surface area contributed by atoms with Crippen LogP contribution in [0.15, 0.2) is 11.6 Å². The fraction of sp³-hybridized carbons (Fsp3) is 0.818. The Kier molecular flexibility index (Phi) is 3.33. The summed E-state index contributed by atoms with van der Waals surface area (Å²) in [5.74, 6) is 0. The fourth-order valence-electron chi connectivity index (χ4n) is 1.94. The molecule has 0 bridgehead atoms. The van der Waals surface area contributed by atoms with Crippen molar-refractivity contribution in [1.82, 2.24) is 5.32 Å². The predicted octanol–water partition coefficient (Wildman–Crippen LogP) is 2.73. The molecule has 12 heavy (non-hydrogen) atoms. The molecule has 1 heterocycles. The smallest absolute Gasteiger partial charge is 0.0170 e. The van der Waals surface area contributed by atoms with Crippen molar-refractivity contribution in [2.45, 2.75) is 40.0 Å². The van der Waals surface area contributed by atoms with Gasteiger partial charge in [0.05, 0.1) is 0 Å². The zero-order chi connectivity index (χ0) is 9.03. The van der Waals surface area contributed by atoms with Gasteiger partial charge in [0.25, 0.3) is 0 Å². The summed E-state index contributed by atoms with van der Waals surface area (Å²) < 4.78 is 0. The van der Waals surface area contributed by atoms with Gasteiger partial charge in [-0.15, -0.1) is 0 Å². The molecule has 1 aliphatic heterocycles. The lowest BCUT2D eigenvalue weighted by Crippen LogP contribution is -2.29. The van der Waals surface area contributed by atoms with Gasteiger partial charge in [0.1, 0.15) is 0 Å². The maximum atomic E-state index is 3.43. The molecule has 0 saturated carbocycles. The van der Waals surface area contributed by atoms with Crippen molar-refractivity contribution in [1.29, 1.82) is 0 Å². The molecular weight excluding hydrogens is 146 g/mol. The van der Waals surface area contributed by atoms with Gasteiger partial charge < -0.3 is 5.32 Å². The summed E-state index contributed by atoms with van der Waals surface area (Å²) >= 11 is 0. The van der Waals surface area contributed by atoms with Crippen LogP contribution in [0.1, 0.15) is 40.0 Å². The van der Waals surface area contributed by atoms with Gasteiger partial charge in [-0.3, -0.25) is 0 Å². The van der Waals surface area contributed by atoms with Crippen LogP contribution in [-0.2, 0) is 0 Å². The molecule has 1 heteroatoms. The van der Waals surface area contributed by atoms with E-state index in [1.807, 2.05) is 0 Å². The van der Waals surface area contributed by atoms with E-state index in [4.69, 9.17) is 0 Å². The van der Waals surface area contributed by atoms with E-state index in [0.717, 1.165) is 13.1 Å². The molecule has 0 atom stereocenters. The van der Waals surface area contributed by atoms with Crippen LogP contribution >= 0.6 is 0 Å². The van der Waals surface area contributed by atoms with Gasteiger partial charge in [-0.25, -0.2) is 0 Å². The molecule has 0 saturated heterocycles. The van der Waals surface area contributed by atoms with Crippen LogP contribution in [0.3, 0.4) is 0 Å². The number of hydrogen-bond donors (Lipinski definition) is 1. The second kappa shape index (κ2) is 4.08. The van der Waals surface area contributed by atoms with Gasteiger partial charge >= 0.3 is 0 Å². The molecule has 0 amide bonds. The lowest BCUT2D eigenvalue weighted by atomic mass is 9.79. The van der Waals surface area contributed by atoms with Crippen LogP contribution in [0.2, 0.25) is 0 Å². The third kappa shape index (κ3) is 2.34. The third-order valence-electron chi connectivity index (χ3n) is 2.77. The summed E-state index contributed by atoms with van der Waals surface area (Å²) in [6.07, 6.45) is 6.22. The molecule has 1 nitrogen and oxygen atoms in total. The Morgan fingerprint density at radius 3 is 2.75 bits per heavy atom. The topological polar surface area (TPSA) is 12.0 Å². The van der Waals surface area contributed by atoms with Gasteiger partial charge in [-0.2, -0.15) is 0 Å². The highest BCUT2D eigenvalue weighted by atomic mass is 14.9. The second-order valence-corrected chi connectivity index (χ2v) is 4.33. The third-order valence-corrected chi connectivity index (χ3v) is 2.77. The number of hydrogen-bond acceptors (Lipinski definition) is 1. The SMILES string of the molecule is CCCC(C)(C)C1=CCCNC1. The highest BCUT2D eigenvalue weighted by Crippen LogP contribution is 2.32. The monoisotopic (exact) mass is 167 g/mol. The van der Waals surface area contributed by atoms with Crippen molar-refractivity contribution in [2.75, 3.05) is 13.1 Å². The maximum absolute atomic E-state index is 3.43. The minimum Gasteiger partial charge on any atom is -0.313 e. The average molecular weight is 167 g/mol. The Balaban J connectivity index is 2.59. The van der Waals surface area contributed by atoms with E-state index in [9.17, 15) is 0 Å². The summed E-state index contributed by atoms with van der Waals surface area (Å²) in [5.41, 5.74) is 2.03. The van der Waals surface area contributed by atoms with Crippen molar-refractivity contribution in [3.05, 3.63) is 11.6 Å². The zero-order valence-electron chi connectivity index (χ0n) is 8.61. The quantitative estimate of drug-likeness (QED) is 0.637. The number of nitrogens with one attached hydrogen (secondary N) is 1. The first-order valence-corrected chi connectivity index (χ1v) is 5.07. The van der Waals surface area contributed by atoms with E-state index >= 15 is 0 Å². The van der Waals surface area contributed by atoms with E-state index in [0.29, 0.717) is 5.41 Å².